The summed E-state index contributed by atoms with van der Waals surface area (Å²) in [5.74, 6) is 0. The van der Waals surface area contributed by atoms with Gasteiger partial charge in [0.25, 0.3) is 0 Å². The molecule has 1 aliphatic heterocycles. The highest BCUT2D eigenvalue weighted by molar-refractivity contribution is 7.89. The Kier molecular flexibility index (Phi) is 2.67. The first-order valence-corrected chi connectivity index (χ1v) is 6.54. The Morgan fingerprint density at radius 1 is 1.33 bits per heavy atom. The molecule has 1 aliphatic rings. The first-order chi connectivity index (χ1) is 7.07. The Balaban J connectivity index is 2.33. The smallest absolute Gasteiger partial charge is 0.230 e. The van der Waals surface area contributed by atoms with Crippen LogP contribution in [0.3, 0.4) is 0 Å². The number of nitrogens with two attached hydrogens (primary N) is 1. The molecule has 15 heavy (non-hydrogen) atoms. The molecular weight excluding hydrogens is 212 g/mol. The highest BCUT2D eigenvalue weighted by Gasteiger charge is 2.23. The molecule has 3 N–H and O–H groups in total. The van der Waals surface area contributed by atoms with Crippen LogP contribution in [0.15, 0.2) is 24.3 Å². The number of primary sulfonamides is 1. The molecule has 2 rings (SSSR count). The van der Waals surface area contributed by atoms with Crippen molar-refractivity contribution < 1.29 is 8.42 Å². The second-order valence-corrected chi connectivity index (χ2v) is 5.52. The van der Waals surface area contributed by atoms with Gasteiger partial charge in [0.15, 0.2) is 0 Å². The van der Waals surface area contributed by atoms with Gasteiger partial charge in [-0.15, -0.1) is 0 Å². The molecule has 0 spiro atoms. The van der Waals surface area contributed by atoms with Crippen molar-refractivity contribution >= 4 is 15.7 Å². The summed E-state index contributed by atoms with van der Waals surface area (Å²) in [5, 5.41) is 7.48. The Morgan fingerprint density at radius 2 is 2.07 bits per heavy atom. The van der Waals surface area contributed by atoms with Crippen LogP contribution in [0.5, 0.6) is 0 Å². The number of aryl methyl sites for hydroxylation is 1. The zero-order valence-electron chi connectivity index (χ0n) is 8.31. The number of fused-ring (bicyclic) bond motifs is 1. The number of rotatable bonds is 1. The molecule has 1 heterocycles. The van der Waals surface area contributed by atoms with E-state index in [1.54, 1.807) is 0 Å². The van der Waals surface area contributed by atoms with Gasteiger partial charge in [-0.3, -0.25) is 0 Å². The van der Waals surface area contributed by atoms with Crippen molar-refractivity contribution in [2.24, 2.45) is 5.14 Å². The van der Waals surface area contributed by atoms with Gasteiger partial charge in [-0.1, -0.05) is 18.2 Å². The Hall–Kier alpha value is -1.07. The summed E-state index contributed by atoms with van der Waals surface area (Å²) in [4.78, 5) is 0. The zero-order chi connectivity index (χ0) is 10.9. The fraction of sp³-hybridized carbons (Fsp3) is 0.400. The van der Waals surface area contributed by atoms with Crippen molar-refractivity contribution in [2.45, 2.75) is 24.6 Å². The number of anilines is 1. The van der Waals surface area contributed by atoms with E-state index in [0.717, 1.165) is 24.1 Å². The zero-order valence-corrected chi connectivity index (χ0v) is 9.13. The molecule has 1 atom stereocenters. The number of benzene rings is 1. The van der Waals surface area contributed by atoms with E-state index in [1.807, 2.05) is 24.3 Å². The summed E-state index contributed by atoms with van der Waals surface area (Å²) in [6, 6.07) is 7.74. The minimum atomic E-state index is -3.50. The van der Waals surface area contributed by atoms with E-state index < -0.39 is 15.4 Å². The van der Waals surface area contributed by atoms with Gasteiger partial charge < -0.3 is 5.32 Å². The highest BCUT2D eigenvalue weighted by Crippen LogP contribution is 2.24. The minimum Gasteiger partial charge on any atom is -0.368 e. The topological polar surface area (TPSA) is 72.2 Å². The van der Waals surface area contributed by atoms with Crippen LogP contribution in [0.4, 0.5) is 5.69 Å². The molecule has 0 saturated carbocycles. The van der Waals surface area contributed by atoms with Crippen molar-refractivity contribution in [2.75, 3.05) is 5.32 Å². The Bertz CT molecular complexity index is 456. The van der Waals surface area contributed by atoms with Crippen molar-refractivity contribution in [1.29, 1.82) is 0 Å². The van der Waals surface area contributed by atoms with Crippen LogP contribution in [0.25, 0.3) is 0 Å². The third kappa shape index (κ3) is 2.30. The van der Waals surface area contributed by atoms with E-state index in [1.165, 1.54) is 0 Å². The fourth-order valence-corrected chi connectivity index (χ4v) is 2.64. The van der Waals surface area contributed by atoms with E-state index in [4.69, 9.17) is 5.14 Å². The van der Waals surface area contributed by atoms with Gasteiger partial charge in [-0.05, 0) is 30.9 Å². The van der Waals surface area contributed by atoms with E-state index in [2.05, 4.69) is 5.32 Å². The molecule has 4 nitrogen and oxygen atoms in total. The third-order valence-corrected chi connectivity index (χ3v) is 3.79. The molecule has 5 heteroatoms. The normalized spacial score (nSPS) is 21.3. The summed E-state index contributed by atoms with van der Waals surface area (Å²) in [6.45, 7) is 0. The molecule has 0 radical (unpaired) electrons. The fourth-order valence-electron chi connectivity index (χ4n) is 1.85. The lowest BCUT2D eigenvalue weighted by molar-refractivity contribution is 0.579. The lowest BCUT2D eigenvalue weighted by Gasteiger charge is -2.15. The molecule has 0 fully saturated rings. The minimum absolute atomic E-state index is 0.563. The summed E-state index contributed by atoms with van der Waals surface area (Å²) >= 11 is 0. The van der Waals surface area contributed by atoms with Crippen molar-refractivity contribution in [3.63, 3.8) is 0 Å². The quantitative estimate of drug-likeness (QED) is 0.751. The van der Waals surface area contributed by atoms with Crippen LogP contribution in [0.1, 0.15) is 18.4 Å². The second kappa shape index (κ2) is 3.83. The van der Waals surface area contributed by atoms with Gasteiger partial charge in [0, 0.05) is 5.69 Å². The predicted molar refractivity (Wildman–Crippen MR) is 59.9 cm³/mol. The second-order valence-electron chi connectivity index (χ2n) is 3.77. The van der Waals surface area contributed by atoms with Crippen LogP contribution in [0, 0.1) is 0 Å². The molecule has 1 aromatic rings. The lowest BCUT2D eigenvalue weighted by atomic mass is 10.1. The standard InChI is InChI=1S/C10H14N2O2S/c11-15(13,14)10-7-3-5-8-4-1-2-6-9(8)12-10/h1-2,4,6,10,12H,3,5,7H2,(H2,11,13,14). The summed E-state index contributed by atoms with van der Waals surface area (Å²) < 4.78 is 22.5. The van der Waals surface area contributed by atoms with Gasteiger partial charge in [-0.25, -0.2) is 13.6 Å². The van der Waals surface area contributed by atoms with Gasteiger partial charge in [0.1, 0.15) is 5.37 Å². The molecule has 1 unspecified atom stereocenters. The monoisotopic (exact) mass is 226 g/mol. The maximum atomic E-state index is 11.3. The molecule has 0 aliphatic carbocycles. The van der Waals surface area contributed by atoms with Gasteiger partial charge in [0.2, 0.25) is 10.0 Å². The van der Waals surface area contributed by atoms with Crippen LogP contribution in [-0.2, 0) is 16.4 Å². The van der Waals surface area contributed by atoms with Gasteiger partial charge >= 0.3 is 0 Å². The maximum absolute atomic E-state index is 11.3. The predicted octanol–water partition coefficient (Wildman–Crippen LogP) is 1.05. The van der Waals surface area contributed by atoms with Crippen molar-refractivity contribution in [1.82, 2.24) is 0 Å². The molecular formula is C10H14N2O2S. The van der Waals surface area contributed by atoms with Crippen LogP contribution >= 0.6 is 0 Å². The lowest BCUT2D eigenvalue weighted by Crippen LogP contribution is -2.34. The molecule has 0 amide bonds. The first-order valence-electron chi connectivity index (χ1n) is 4.93. The van der Waals surface area contributed by atoms with Crippen LogP contribution in [-0.4, -0.2) is 13.8 Å². The number of hydrogen-bond acceptors (Lipinski definition) is 3. The number of sulfonamides is 1. The third-order valence-electron chi connectivity index (χ3n) is 2.64. The number of nitrogens with one attached hydrogen (secondary N) is 1. The largest absolute Gasteiger partial charge is 0.368 e. The first kappa shape index (κ1) is 10.4. The molecule has 82 valence electrons. The summed E-state index contributed by atoms with van der Waals surface area (Å²) in [6.07, 6.45) is 2.30. The van der Waals surface area contributed by atoms with E-state index >= 15 is 0 Å². The maximum Gasteiger partial charge on any atom is 0.230 e. The highest BCUT2D eigenvalue weighted by atomic mass is 32.2. The van der Waals surface area contributed by atoms with E-state index in [0.29, 0.717) is 6.42 Å². The number of hydrogen-bond donors (Lipinski definition) is 2. The molecule has 0 saturated heterocycles. The van der Waals surface area contributed by atoms with Crippen LogP contribution in [0.2, 0.25) is 0 Å². The Morgan fingerprint density at radius 3 is 2.80 bits per heavy atom. The summed E-state index contributed by atoms with van der Waals surface area (Å²) in [5.41, 5.74) is 2.04. The van der Waals surface area contributed by atoms with Gasteiger partial charge in [-0.2, -0.15) is 0 Å². The average Bonchev–Trinajstić information content (AvgIpc) is 2.38. The summed E-state index contributed by atoms with van der Waals surface area (Å²) in [7, 11) is -3.50. The number of para-hydroxylation sites is 1. The van der Waals surface area contributed by atoms with E-state index in [-0.39, 0.29) is 0 Å². The average molecular weight is 226 g/mol. The molecule has 0 bridgehead atoms. The Labute approximate surface area is 89.5 Å². The van der Waals surface area contributed by atoms with E-state index in [9.17, 15) is 8.42 Å². The molecule has 1 aromatic carbocycles. The van der Waals surface area contributed by atoms with Gasteiger partial charge in [0.05, 0.1) is 0 Å². The van der Waals surface area contributed by atoms with Crippen molar-refractivity contribution in [3.8, 4) is 0 Å². The SMILES string of the molecule is NS(=O)(=O)C1CCCc2ccccc2N1. The van der Waals surface area contributed by atoms with Crippen molar-refractivity contribution in [3.05, 3.63) is 29.8 Å². The van der Waals surface area contributed by atoms with Crippen LogP contribution < -0.4 is 10.5 Å². The molecule has 0 aromatic heterocycles.